The smallest absolute Gasteiger partial charge is 0.265 e. The van der Waals surface area contributed by atoms with Crippen LogP contribution in [0.2, 0.25) is 0 Å². The lowest BCUT2D eigenvalue weighted by molar-refractivity contribution is 0.0591. The summed E-state index contributed by atoms with van der Waals surface area (Å²) in [6, 6.07) is 3.84. The number of carbonyl (C=O) groups is 1. The second-order valence-corrected chi connectivity index (χ2v) is 6.47. The summed E-state index contributed by atoms with van der Waals surface area (Å²) in [6.45, 7) is 3.33. The predicted octanol–water partition coefficient (Wildman–Crippen LogP) is 2.44. The van der Waals surface area contributed by atoms with Crippen LogP contribution in [-0.2, 0) is 4.74 Å². The lowest BCUT2D eigenvalue weighted by Gasteiger charge is -2.20. The number of nitrogens with zero attached hydrogens (tertiary/aromatic N) is 2. The fraction of sp³-hybridized carbons (Fsp3) is 0.467. The van der Waals surface area contributed by atoms with Crippen molar-refractivity contribution in [1.29, 1.82) is 0 Å². The van der Waals surface area contributed by atoms with Gasteiger partial charge in [-0.05, 0) is 31.9 Å². The normalized spacial score (nSPS) is 18.3. The van der Waals surface area contributed by atoms with Gasteiger partial charge in [-0.25, -0.2) is 4.98 Å². The van der Waals surface area contributed by atoms with Crippen molar-refractivity contribution in [3.8, 4) is 0 Å². The first kappa shape index (κ1) is 14.3. The summed E-state index contributed by atoms with van der Waals surface area (Å²) in [6.07, 6.45) is 2.23. The highest BCUT2D eigenvalue weighted by atomic mass is 32.1. The van der Waals surface area contributed by atoms with E-state index in [2.05, 4.69) is 4.98 Å². The Hall–Kier alpha value is -1.66. The van der Waals surface area contributed by atoms with Gasteiger partial charge in [0.05, 0.1) is 11.8 Å². The van der Waals surface area contributed by atoms with Crippen molar-refractivity contribution in [2.45, 2.75) is 25.9 Å². The van der Waals surface area contributed by atoms with Crippen molar-refractivity contribution < 1.29 is 9.53 Å². The van der Waals surface area contributed by atoms with Gasteiger partial charge in [-0.2, -0.15) is 0 Å². The second kappa shape index (κ2) is 5.61. The molecule has 2 aromatic heterocycles. The van der Waals surface area contributed by atoms with Crippen molar-refractivity contribution in [3.05, 3.63) is 22.7 Å². The molecule has 1 unspecified atom stereocenters. The monoisotopic (exact) mass is 305 g/mol. The molecule has 1 saturated heterocycles. The molecular formula is C15H19N3O2S. The van der Waals surface area contributed by atoms with Crippen LogP contribution in [0.3, 0.4) is 0 Å². The number of hydrogen-bond donors (Lipinski definition) is 1. The zero-order valence-electron chi connectivity index (χ0n) is 12.3. The topological polar surface area (TPSA) is 68.5 Å². The van der Waals surface area contributed by atoms with E-state index in [4.69, 9.17) is 10.5 Å². The number of amides is 1. The highest BCUT2D eigenvalue weighted by Crippen LogP contribution is 2.33. The third-order valence-electron chi connectivity index (χ3n) is 3.78. The van der Waals surface area contributed by atoms with E-state index in [-0.39, 0.29) is 12.0 Å². The standard InChI is InChI=1S/C15H19N3O2S/c1-9-5-6-11-12(16)13(21-14(11)17-9)15(19)18(2)8-10-4-3-7-20-10/h5-6,10H,3-4,7-8,16H2,1-2H3. The number of anilines is 1. The van der Waals surface area contributed by atoms with Crippen LogP contribution in [0.1, 0.15) is 28.2 Å². The maximum Gasteiger partial charge on any atom is 0.265 e. The number of ether oxygens (including phenoxy) is 1. The molecule has 1 amide bonds. The minimum absolute atomic E-state index is 0.0522. The number of thiophene rings is 1. The van der Waals surface area contributed by atoms with Gasteiger partial charge in [0.2, 0.25) is 0 Å². The summed E-state index contributed by atoms with van der Waals surface area (Å²) in [4.78, 5) is 20.1. The molecule has 3 rings (SSSR count). The Morgan fingerprint density at radius 2 is 2.38 bits per heavy atom. The Bertz CT molecular complexity index is 677. The quantitative estimate of drug-likeness (QED) is 0.945. The fourth-order valence-electron chi connectivity index (χ4n) is 2.60. The maximum atomic E-state index is 12.6. The van der Waals surface area contributed by atoms with E-state index >= 15 is 0 Å². The number of nitrogen functional groups attached to an aromatic ring is 1. The number of rotatable bonds is 3. The SMILES string of the molecule is Cc1ccc2c(N)c(C(=O)N(C)CC3CCCO3)sc2n1. The minimum Gasteiger partial charge on any atom is -0.397 e. The van der Waals surface area contributed by atoms with Crippen molar-refractivity contribution in [2.24, 2.45) is 0 Å². The Labute approximate surface area is 127 Å². The third-order valence-corrected chi connectivity index (χ3v) is 4.88. The molecular weight excluding hydrogens is 286 g/mol. The first-order valence-corrected chi connectivity index (χ1v) is 7.90. The second-order valence-electron chi connectivity index (χ2n) is 5.47. The Balaban J connectivity index is 1.84. The van der Waals surface area contributed by atoms with E-state index in [1.54, 1.807) is 11.9 Å². The van der Waals surface area contributed by atoms with Gasteiger partial charge < -0.3 is 15.4 Å². The first-order valence-electron chi connectivity index (χ1n) is 7.09. The Morgan fingerprint density at radius 3 is 3.10 bits per heavy atom. The summed E-state index contributed by atoms with van der Waals surface area (Å²) < 4.78 is 5.58. The zero-order chi connectivity index (χ0) is 15.0. The van der Waals surface area contributed by atoms with Crippen LogP contribution < -0.4 is 5.73 Å². The van der Waals surface area contributed by atoms with Crippen LogP contribution in [0.25, 0.3) is 10.2 Å². The molecule has 0 aromatic carbocycles. The molecule has 0 bridgehead atoms. The number of aryl methyl sites for hydroxylation is 1. The van der Waals surface area contributed by atoms with Crippen molar-refractivity contribution in [2.75, 3.05) is 25.9 Å². The molecule has 3 heterocycles. The molecule has 6 heteroatoms. The molecule has 1 aliphatic heterocycles. The average molecular weight is 305 g/mol. The summed E-state index contributed by atoms with van der Waals surface area (Å²) in [5.41, 5.74) is 7.59. The van der Waals surface area contributed by atoms with Gasteiger partial charge in [0.1, 0.15) is 9.71 Å². The van der Waals surface area contributed by atoms with Gasteiger partial charge in [0, 0.05) is 31.3 Å². The fourth-order valence-corrected chi connectivity index (χ4v) is 3.73. The highest BCUT2D eigenvalue weighted by molar-refractivity contribution is 7.21. The largest absolute Gasteiger partial charge is 0.397 e. The molecule has 0 aliphatic carbocycles. The van der Waals surface area contributed by atoms with Crippen molar-refractivity contribution >= 4 is 33.1 Å². The summed E-state index contributed by atoms with van der Waals surface area (Å²) in [5.74, 6) is -0.0522. The highest BCUT2D eigenvalue weighted by Gasteiger charge is 2.24. The Morgan fingerprint density at radius 1 is 1.57 bits per heavy atom. The predicted molar refractivity (Wildman–Crippen MR) is 84.7 cm³/mol. The van der Waals surface area contributed by atoms with E-state index in [9.17, 15) is 4.79 Å². The van der Waals surface area contributed by atoms with Gasteiger partial charge in [-0.15, -0.1) is 11.3 Å². The van der Waals surface area contributed by atoms with Crippen LogP contribution in [-0.4, -0.2) is 42.1 Å². The number of pyridine rings is 1. The number of likely N-dealkylation sites (N-methyl/N-ethyl adjacent to an activating group) is 1. The minimum atomic E-state index is -0.0522. The molecule has 21 heavy (non-hydrogen) atoms. The van der Waals surface area contributed by atoms with Crippen LogP contribution in [0.15, 0.2) is 12.1 Å². The lowest BCUT2D eigenvalue weighted by Crippen LogP contribution is -2.33. The van der Waals surface area contributed by atoms with Gasteiger partial charge in [-0.3, -0.25) is 4.79 Å². The van der Waals surface area contributed by atoms with Gasteiger partial charge in [-0.1, -0.05) is 0 Å². The van der Waals surface area contributed by atoms with E-state index in [0.717, 1.165) is 35.4 Å². The molecule has 2 N–H and O–H groups in total. The van der Waals surface area contributed by atoms with Crippen LogP contribution in [0.4, 0.5) is 5.69 Å². The lowest BCUT2D eigenvalue weighted by atomic mass is 10.2. The van der Waals surface area contributed by atoms with Crippen LogP contribution >= 0.6 is 11.3 Å². The van der Waals surface area contributed by atoms with Crippen molar-refractivity contribution in [3.63, 3.8) is 0 Å². The average Bonchev–Trinajstić information content (AvgIpc) is 3.06. The van der Waals surface area contributed by atoms with E-state index < -0.39 is 0 Å². The number of nitrogens with two attached hydrogens (primary N) is 1. The van der Waals surface area contributed by atoms with E-state index in [0.29, 0.717) is 17.1 Å². The van der Waals surface area contributed by atoms with Crippen LogP contribution in [0.5, 0.6) is 0 Å². The molecule has 0 spiro atoms. The van der Waals surface area contributed by atoms with Crippen LogP contribution in [0, 0.1) is 6.92 Å². The van der Waals surface area contributed by atoms with Crippen molar-refractivity contribution in [1.82, 2.24) is 9.88 Å². The number of hydrogen-bond acceptors (Lipinski definition) is 5. The van der Waals surface area contributed by atoms with Gasteiger partial charge in [0.15, 0.2) is 0 Å². The Kier molecular flexibility index (Phi) is 3.82. The number of aromatic nitrogens is 1. The molecule has 1 aliphatic rings. The molecule has 5 nitrogen and oxygen atoms in total. The summed E-state index contributed by atoms with van der Waals surface area (Å²) >= 11 is 1.36. The number of carbonyl (C=O) groups excluding carboxylic acids is 1. The molecule has 1 atom stereocenters. The molecule has 0 saturated carbocycles. The molecule has 1 fully saturated rings. The molecule has 112 valence electrons. The molecule has 0 radical (unpaired) electrons. The van der Waals surface area contributed by atoms with E-state index in [1.807, 2.05) is 19.1 Å². The molecule has 2 aromatic rings. The number of fused-ring (bicyclic) bond motifs is 1. The first-order chi connectivity index (χ1) is 10.1. The maximum absolute atomic E-state index is 12.6. The zero-order valence-corrected chi connectivity index (χ0v) is 13.1. The van der Waals surface area contributed by atoms with E-state index in [1.165, 1.54) is 11.3 Å². The summed E-state index contributed by atoms with van der Waals surface area (Å²) in [5, 5.41) is 0.861. The third kappa shape index (κ3) is 2.73. The van der Waals surface area contributed by atoms with Gasteiger partial charge >= 0.3 is 0 Å². The van der Waals surface area contributed by atoms with Gasteiger partial charge in [0.25, 0.3) is 5.91 Å². The summed E-state index contributed by atoms with van der Waals surface area (Å²) in [7, 11) is 1.80.